The van der Waals surface area contributed by atoms with E-state index in [4.69, 9.17) is 0 Å². The highest BCUT2D eigenvalue weighted by molar-refractivity contribution is 7.85. The van der Waals surface area contributed by atoms with E-state index in [-0.39, 0.29) is 6.03 Å². The van der Waals surface area contributed by atoms with E-state index in [1.54, 1.807) is 0 Å². The molecule has 2 amide bonds. The number of carboxylic acid groups (broad SMARTS) is 1. The van der Waals surface area contributed by atoms with Crippen LogP contribution in [0.3, 0.4) is 0 Å². The fourth-order valence-electron chi connectivity index (χ4n) is 1.88. The number of carboxylic acids is 1. The maximum atomic E-state index is 12.0. The van der Waals surface area contributed by atoms with Crippen LogP contribution >= 0.6 is 0 Å². The van der Waals surface area contributed by atoms with Crippen molar-refractivity contribution in [1.29, 1.82) is 0 Å². The van der Waals surface area contributed by atoms with Crippen LogP contribution in [-0.2, 0) is 15.6 Å². The average molecular weight is 276 g/mol. The molecular weight excluding hydrogens is 256 g/mol. The summed E-state index contributed by atoms with van der Waals surface area (Å²) >= 11 is 0. The minimum Gasteiger partial charge on any atom is -0.480 e. The summed E-state index contributed by atoms with van der Waals surface area (Å²) in [5.74, 6) is -0.103. The molecule has 1 aliphatic heterocycles. The van der Waals surface area contributed by atoms with Crippen LogP contribution in [0.2, 0.25) is 0 Å². The van der Waals surface area contributed by atoms with Crippen molar-refractivity contribution in [2.75, 3.05) is 24.6 Å². The van der Waals surface area contributed by atoms with Crippen LogP contribution in [0.1, 0.15) is 26.7 Å². The van der Waals surface area contributed by atoms with Crippen LogP contribution in [0, 0.1) is 0 Å². The minimum atomic E-state index is -1.23. The smallest absolute Gasteiger partial charge is 0.329 e. The Hall–Kier alpha value is -1.11. The zero-order chi connectivity index (χ0) is 13.8. The van der Waals surface area contributed by atoms with E-state index >= 15 is 0 Å². The highest BCUT2D eigenvalue weighted by Gasteiger charge is 2.35. The number of carbonyl (C=O) groups excluding carboxylic acids is 1. The topological polar surface area (TPSA) is 86.7 Å². The summed E-state index contributed by atoms with van der Waals surface area (Å²) in [5.41, 5.74) is -1.23. The normalized spacial score (nSPS) is 20.2. The van der Waals surface area contributed by atoms with Gasteiger partial charge in [-0.25, -0.2) is 9.59 Å². The Morgan fingerprint density at radius 2 is 1.94 bits per heavy atom. The summed E-state index contributed by atoms with van der Waals surface area (Å²) < 4.78 is 11.2. The van der Waals surface area contributed by atoms with Gasteiger partial charge in [0.15, 0.2) is 0 Å². The van der Waals surface area contributed by atoms with Crippen molar-refractivity contribution in [2.24, 2.45) is 0 Å². The molecule has 1 saturated heterocycles. The molecule has 1 atom stereocenters. The molecular formula is C11H20N2O4S. The van der Waals surface area contributed by atoms with Gasteiger partial charge in [0.05, 0.1) is 0 Å². The number of aliphatic carboxylic acids is 1. The summed E-state index contributed by atoms with van der Waals surface area (Å²) in [7, 11) is -0.851. The van der Waals surface area contributed by atoms with Gasteiger partial charge in [-0.15, -0.1) is 0 Å². The van der Waals surface area contributed by atoms with Crippen molar-refractivity contribution in [3.8, 4) is 0 Å². The zero-order valence-corrected chi connectivity index (χ0v) is 11.6. The molecule has 7 heteroatoms. The lowest BCUT2D eigenvalue weighted by Crippen LogP contribution is -2.57. The van der Waals surface area contributed by atoms with E-state index < -0.39 is 22.3 Å². The summed E-state index contributed by atoms with van der Waals surface area (Å²) in [6.07, 6.45) is 1.06. The molecule has 18 heavy (non-hydrogen) atoms. The number of rotatable bonds is 4. The third-order valence-electron chi connectivity index (χ3n) is 3.07. The van der Waals surface area contributed by atoms with Crippen molar-refractivity contribution < 1.29 is 18.9 Å². The summed E-state index contributed by atoms with van der Waals surface area (Å²) in [6.45, 7) is 4.22. The van der Waals surface area contributed by atoms with Gasteiger partial charge < -0.3 is 15.3 Å². The number of nitrogens with zero attached hydrogens (tertiary/aromatic N) is 1. The Kier molecular flexibility index (Phi) is 5.13. The number of nitrogens with one attached hydrogen (secondary N) is 1. The Balaban J connectivity index is 2.61. The molecule has 0 aromatic carbocycles. The Morgan fingerprint density at radius 3 is 2.39 bits per heavy atom. The number of hydrogen-bond acceptors (Lipinski definition) is 3. The van der Waals surface area contributed by atoms with Crippen molar-refractivity contribution in [1.82, 2.24) is 10.2 Å². The van der Waals surface area contributed by atoms with Crippen LogP contribution < -0.4 is 5.32 Å². The van der Waals surface area contributed by atoms with Crippen molar-refractivity contribution >= 4 is 22.8 Å². The lowest BCUT2D eigenvalue weighted by Gasteiger charge is -2.32. The third kappa shape index (κ3) is 3.69. The third-order valence-corrected chi connectivity index (χ3v) is 4.35. The first kappa shape index (κ1) is 14.9. The summed E-state index contributed by atoms with van der Waals surface area (Å²) in [5, 5.41) is 11.7. The average Bonchev–Trinajstić information content (AvgIpc) is 2.29. The van der Waals surface area contributed by atoms with E-state index in [0.717, 1.165) is 0 Å². The number of carbonyl (C=O) groups is 2. The van der Waals surface area contributed by atoms with Gasteiger partial charge in [0.2, 0.25) is 0 Å². The highest BCUT2D eigenvalue weighted by atomic mass is 32.2. The molecule has 1 heterocycles. The number of urea groups is 1. The van der Waals surface area contributed by atoms with Gasteiger partial charge in [0.1, 0.15) is 5.54 Å². The molecule has 104 valence electrons. The first-order valence-corrected chi connectivity index (χ1v) is 7.53. The van der Waals surface area contributed by atoms with E-state index in [2.05, 4.69) is 5.32 Å². The fourth-order valence-corrected chi connectivity index (χ4v) is 2.93. The van der Waals surface area contributed by atoms with Crippen molar-refractivity contribution in [3.05, 3.63) is 0 Å². The molecule has 2 N–H and O–H groups in total. The van der Waals surface area contributed by atoms with E-state index in [1.165, 1.54) is 11.8 Å². The quantitative estimate of drug-likeness (QED) is 0.778. The standard InChI is InChI=1S/C11H20N2O4S/c1-3-4-11(2,9(14)15)12-10(16)13-5-7-18(17)8-6-13/h3-8H2,1-2H3,(H,12,16)(H,14,15). The predicted octanol–water partition coefficient (Wildman–Crippen LogP) is 0.404. The molecule has 0 bridgehead atoms. The minimum absolute atomic E-state index is 0.383. The molecule has 0 radical (unpaired) electrons. The number of hydrogen-bond donors (Lipinski definition) is 2. The highest BCUT2D eigenvalue weighted by Crippen LogP contribution is 2.13. The Bertz CT molecular complexity index is 351. The molecule has 0 saturated carbocycles. The van der Waals surface area contributed by atoms with Crippen molar-refractivity contribution in [2.45, 2.75) is 32.2 Å². The lowest BCUT2D eigenvalue weighted by molar-refractivity contribution is -0.144. The van der Waals surface area contributed by atoms with Crippen LogP contribution in [-0.4, -0.2) is 56.3 Å². The fraction of sp³-hybridized carbons (Fsp3) is 0.818. The Labute approximate surface area is 109 Å². The largest absolute Gasteiger partial charge is 0.480 e. The second-order valence-electron chi connectivity index (χ2n) is 4.65. The van der Waals surface area contributed by atoms with Gasteiger partial charge in [-0.05, 0) is 13.3 Å². The predicted molar refractivity (Wildman–Crippen MR) is 68.9 cm³/mol. The van der Waals surface area contributed by atoms with Crippen LogP contribution in [0.4, 0.5) is 4.79 Å². The van der Waals surface area contributed by atoms with E-state index in [0.29, 0.717) is 37.4 Å². The number of amides is 2. The molecule has 1 rings (SSSR count). The summed E-state index contributed by atoms with van der Waals surface area (Å²) in [6, 6.07) is -0.384. The maximum Gasteiger partial charge on any atom is 0.329 e. The molecule has 1 unspecified atom stereocenters. The van der Waals surface area contributed by atoms with Crippen LogP contribution in [0.25, 0.3) is 0 Å². The SMILES string of the molecule is CCCC(C)(NC(=O)N1CCS(=O)CC1)C(=O)O. The van der Waals surface area contributed by atoms with Crippen LogP contribution in [0.15, 0.2) is 0 Å². The molecule has 0 aromatic heterocycles. The zero-order valence-electron chi connectivity index (χ0n) is 10.8. The second-order valence-corrected chi connectivity index (χ2v) is 6.35. The molecule has 1 aliphatic rings. The van der Waals surface area contributed by atoms with Gasteiger partial charge in [-0.2, -0.15) is 0 Å². The molecule has 0 aliphatic carbocycles. The van der Waals surface area contributed by atoms with Gasteiger partial charge in [0.25, 0.3) is 0 Å². The molecule has 6 nitrogen and oxygen atoms in total. The summed E-state index contributed by atoms with van der Waals surface area (Å²) in [4.78, 5) is 24.7. The maximum absolute atomic E-state index is 12.0. The molecule has 0 spiro atoms. The molecule has 1 fully saturated rings. The van der Waals surface area contributed by atoms with Gasteiger partial charge in [0, 0.05) is 35.4 Å². The van der Waals surface area contributed by atoms with Crippen molar-refractivity contribution in [3.63, 3.8) is 0 Å². The lowest BCUT2D eigenvalue weighted by atomic mass is 9.96. The Morgan fingerprint density at radius 1 is 1.39 bits per heavy atom. The van der Waals surface area contributed by atoms with Crippen LogP contribution in [0.5, 0.6) is 0 Å². The van der Waals surface area contributed by atoms with Gasteiger partial charge in [-0.3, -0.25) is 4.21 Å². The van der Waals surface area contributed by atoms with E-state index in [1.807, 2.05) is 6.92 Å². The molecule has 0 aromatic rings. The monoisotopic (exact) mass is 276 g/mol. The van der Waals surface area contributed by atoms with Gasteiger partial charge in [-0.1, -0.05) is 13.3 Å². The van der Waals surface area contributed by atoms with Gasteiger partial charge >= 0.3 is 12.0 Å². The van der Waals surface area contributed by atoms with E-state index in [9.17, 15) is 18.9 Å². The first-order valence-electron chi connectivity index (χ1n) is 6.04. The first-order chi connectivity index (χ1) is 8.39. The second kappa shape index (κ2) is 6.17.